The van der Waals surface area contributed by atoms with Crippen LogP contribution in [0, 0.1) is 11.8 Å². The Labute approximate surface area is 169 Å². The second-order valence-electron chi connectivity index (χ2n) is 8.28. The SMILES string of the molecule is CC1CCN(C(N)=NCC2CCN(C(=O)OC(C)(C)C)CC2)CC1.I. The maximum absolute atomic E-state index is 12.1. The molecule has 0 bridgehead atoms. The zero-order chi connectivity index (χ0) is 17.7. The summed E-state index contributed by atoms with van der Waals surface area (Å²) in [5.41, 5.74) is 5.72. The van der Waals surface area contributed by atoms with Crippen LogP contribution in [0.5, 0.6) is 0 Å². The van der Waals surface area contributed by atoms with Crippen molar-refractivity contribution < 1.29 is 9.53 Å². The Morgan fingerprint density at radius 3 is 2.12 bits per heavy atom. The summed E-state index contributed by atoms with van der Waals surface area (Å²) in [6.45, 7) is 12.3. The highest BCUT2D eigenvalue weighted by molar-refractivity contribution is 14.0. The second kappa shape index (κ2) is 9.83. The Kier molecular flexibility index (Phi) is 8.77. The van der Waals surface area contributed by atoms with Crippen molar-refractivity contribution in [2.24, 2.45) is 22.6 Å². The lowest BCUT2D eigenvalue weighted by atomic mass is 9.97. The molecule has 2 rings (SSSR count). The number of nitrogens with two attached hydrogens (primary N) is 1. The molecule has 0 spiro atoms. The van der Waals surface area contributed by atoms with Gasteiger partial charge in [0.15, 0.2) is 5.96 Å². The van der Waals surface area contributed by atoms with E-state index < -0.39 is 5.60 Å². The van der Waals surface area contributed by atoms with E-state index in [1.165, 1.54) is 12.8 Å². The number of hydrogen-bond donors (Lipinski definition) is 1. The Balaban J connectivity index is 0.00000312. The van der Waals surface area contributed by atoms with Crippen LogP contribution in [-0.2, 0) is 4.74 Å². The monoisotopic (exact) mass is 466 g/mol. The normalized spacial score (nSPS) is 21.0. The molecular weight excluding hydrogens is 431 g/mol. The summed E-state index contributed by atoms with van der Waals surface area (Å²) in [7, 11) is 0. The molecule has 0 aromatic heterocycles. The zero-order valence-electron chi connectivity index (χ0n) is 16.2. The number of aliphatic imine (C=N–C) groups is 1. The number of ether oxygens (including phenoxy) is 1. The fraction of sp³-hybridized carbons (Fsp3) is 0.889. The van der Waals surface area contributed by atoms with Gasteiger partial charge in [-0.15, -0.1) is 24.0 Å². The van der Waals surface area contributed by atoms with Crippen LogP contribution in [0.1, 0.15) is 53.4 Å². The molecule has 0 atom stereocenters. The quantitative estimate of drug-likeness (QED) is 0.385. The van der Waals surface area contributed by atoms with E-state index in [2.05, 4.69) is 16.8 Å². The Hall–Kier alpha value is -0.730. The van der Waals surface area contributed by atoms with Gasteiger partial charge in [-0.25, -0.2) is 4.79 Å². The summed E-state index contributed by atoms with van der Waals surface area (Å²) < 4.78 is 5.43. The number of carbonyl (C=O) groups excluding carboxylic acids is 1. The van der Waals surface area contributed by atoms with E-state index in [-0.39, 0.29) is 30.1 Å². The molecule has 2 aliphatic heterocycles. The Bertz CT molecular complexity index is 448. The smallest absolute Gasteiger partial charge is 0.410 e. The van der Waals surface area contributed by atoms with Crippen LogP contribution >= 0.6 is 24.0 Å². The molecule has 7 heteroatoms. The fourth-order valence-corrected chi connectivity index (χ4v) is 3.18. The molecule has 0 unspecified atom stereocenters. The predicted molar refractivity (Wildman–Crippen MR) is 112 cm³/mol. The van der Waals surface area contributed by atoms with Gasteiger partial charge in [0.25, 0.3) is 0 Å². The highest BCUT2D eigenvalue weighted by Gasteiger charge is 2.27. The summed E-state index contributed by atoms with van der Waals surface area (Å²) >= 11 is 0. The number of likely N-dealkylation sites (tertiary alicyclic amines) is 2. The number of amides is 1. The summed E-state index contributed by atoms with van der Waals surface area (Å²) in [6.07, 6.45) is 4.13. The third-order valence-corrected chi connectivity index (χ3v) is 4.89. The first-order valence-electron chi connectivity index (χ1n) is 9.27. The number of carbonyl (C=O) groups is 1. The predicted octanol–water partition coefficient (Wildman–Crippen LogP) is 3.30. The highest BCUT2D eigenvalue weighted by Crippen LogP contribution is 2.20. The van der Waals surface area contributed by atoms with Crippen molar-refractivity contribution in [1.29, 1.82) is 0 Å². The molecule has 1 amide bonds. The van der Waals surface area contributed by atoms with Gasteiger partial charge < -0.3 is 20.3 Å². The molecule has 0 aromatic rings. The van der Waals surface area contributed by atoms with E-state index >= 15 is 0 Å². The van der Waals surface area contributed by atoms with Gasteiger partial charge in [0, 0.05) is 32.7 Å². The molecule has 0 radical (unpaired) electrons. The lowest BCUT2D eigenvalue weighted by Gasteiger charge is -2.33. The third-order valence-electron chi connectivity index (χ3n) is 4.89. The first-order chi connectivity index (χ1) is 11.2. The van der Waals surface area contributed by atoms with Crippen molar-refractivity contribution in [1.82, 2.24) is 9.80 Å². The minimum atomic E-state index is -0.432. The number of hydrogen-bond acceptors (Lipinski definition) is 3. The van der Waals surface area contributed by atoms with E-state index in [4.69, 9.17) is 10.5 Å². The van der Waals surface area contributed by atoms with Crippen LogP contribution in [0.4, 0.5) is 4.79 Å². The van der Waals surface area contributed by atoms with Gasteiger partial charge in [-0.1, -0.05) is 6.92 Å². The van der Waals surface area contributed by atoms with Gasteiger partial charge in [-0.3, -0.25) is 4.99 Å². The molecule has 0 aromatic carbocycles. The van der Waals surface area contributed by atoms with Gasteiger partial charge in [-0.2, -0.15) is 0 Å². The first-order valence-corrected chi connectivity index (χ1v) is 9.27. The largest absolute Gasteiger partial charge is 0.444 e. The molecule has 25 heavy (non-hydrogen) atoms. The molecule has 2 aliphatic rings. The molecule has 146 valence electrons. The minimum Gasteiger partial charge on any atom is -0.444 e. The number of guanidine groups is 1. The van der Waals surface area contributed by atoms with Gasteiger partial charge in [0.05, 0.1) is 0 Å². The van der Waals surface area contributed by atoms with Crippen molar-refractivity contribution in [3.8, 4) is 0 Å². The van der Waals surface area contributed by atoms with Gasteiger partial charge in [0.2, 0.25) is 0 Å². The molecule has 2 N–H and O–H groups in total. The molecule has 6 nitrogen and oxygen atoms in total. The van der Waals surface area contributed by atoms with Crippen LogP contribution in [0.25, 0.3) is 0 Å². The summed E-state index contributed by atoms with van der Waals surface area (Å²) in [5.74, 6) is 1.99. The topological polar surface area (TPSA) is 71.2 Å². The summed E-state index contributed by atoms with van der Waals surface area (Å²) in [5, 5.41) is 0. The van der Waals surface area contributed by atoms with E-state index in [1.54, 1.807) is 4.90 Å². The zero-order valence-corrected chi connectivity index (χ0v) is 18.5. The summed E-state index contributed by atoms with van der Waals surface area (Å²) in [4.78, 5) is 20.7. The maximum Gasteiger partial charge on any atom is 0.410 e. The average Bonchev–Trinajstić information content (AvgIpc) is 2.52. The first kappa shape index (κ1) is 22.3. The average molecular weight is 466 g/mol. The van der Waals surface area contributed by atoms with E-state index in [0.29, 0.717) is 11.9 Å². The van der Waals surface area contributed by atoms with E-state index in [0.717, 1.165) is 51.5 Å². The molecule has 2 fully saturated rings. The van der Waals surface area contributed by atoms with E-state index in [1.807, 2.05) is 20.8 Å². The molecule has 2 saturated heterocycles. The van der Waals surface area contributed by atoms with Crippen molar-refractivity contribution in [2.75, 3.05) is 32.7 Å². The fourth-order valence-electron chi connectivity index (χ4n) is 3.18. The van der Waals surface area contributed by atoms with Gasteiger partial charge in [0.1, 0.15) is 5.60 Å². The number of nitrogens with zero attached hydrogens (tertiary/aromatic N) is 3. The second-order valence-corrected chi connectivity index (χ2v) is 8.28. The molecule has 0 aliphatic carbocycles. The lowest BCUT2D eigenvalue weighted by molar-refractivity contribution is 0.0187. The minimum absolute atomic E-state index is 0. The van der Waals surface area contributed by atoms with Crippen LogP contribution in [0.3, 0.4) is 0 Å². The molecular formula is C18H35IN4O2. The molecule has 2 heterocycles. The van der Waals surface area contributed by atoms with Gasteiger partial charge in [-0.05, 0) is 58.3 Å². The number of rotatable bonds is 2. The van der Waals surface area contributed by atoms with Crippen molar-refractivity contribution in [3.63, 3.8) is 0 Å². The van der Waals surface area contributed by atoms with Crippen molar-refractivity contribution in [3.05, 3.63) is 0 Å². The van der Waals surface area contributed by atoms with Crippen LogP contribution < -0.4 is 5.73 Å². The van der Waals surface area contributed by atoms with Crippen LogP contribution in [0.15, 0.2) is 4.99 Å². The van der Waals surface area contributed by atoms with Crippen LogP contribution in [0.2, 0.25) is 0 Å². The van der Waals surface area contributed by atoms with Crippen molar-refractivity contribution in [2.45, 2.75) is 59.0 Å². The Morgan fingerprint density at radius 2 is 1.60 bits per heavy atom. The summed E-state index contributed by atoms with van der Waals surface area (Å²) in [6, 6.07) is 0. The highest BCUT2D eigenvalue weighted by atomic mass is 127. The van der Waals surface area contributed by atoms with Crippen molar-refractivity contribution >= 4 is 36.0 Å². The maximum atomic E-state index is 12.1. The van der Waals surface area contributed by atoms with Gasteiger partial charge >= 0.3 is 6.09 Å². The number of halogens is 1. The lowest BCUT2D eigenvalue weighted by Crippen LogP contribution is -2.43. The third kappa shape index (κ3) is 7.58. The Morgan fingerprint density at radius 1 is 1.08 bits per heavy atom. The van der Waals surface area contributed by atoms with Crippen LogP contribution in [-0.4, -0.2) is 60.2 Å². The molecule has 0 saturated carbocycles. The number of piperidine rings is 2. The van der Waals surface area contributed by atoms with E-state index in [9.17, 15) is 4.79 Å². The standard InChI is InChI=1S/C18H34N4O2.HI/c1-14-5-9-21(10-6-14)16(19)20-13-15-7-11-22(12-8-15)17(23)24-18(2,3)4;/h14-15H,5-13H2,1-4H3,(H2,19,20);1H.